The summed E-state index contributed by atoms with van der Waals surface area (Å²) in [6, 6.07) is 4.94. The van der Waals surface area contributed by atoms with Gasteiger partial charge in [0, 0.05) is 11.3 Å². The van der Waals surface area contributed by atoms with Crippen molar-refractivity contribution < 1.29 is 19.8 Å². The SMILES string of the molecule is CSc1cccc(C(O)C(=O)O)c1CC(=O)CCl. The number of carboxylic acid groups (broad SMARTS) is 1. The van der Waals surface area contributed by atoms with Crippen molar-refractivity contribution in [3.63, 3.8) is 0 Å². The molecule has 6 heteroatoms. The van der Waals surface area contributed by atoms with Gasteiger partial charge in [0.25, 0.3) is 0 Å². The van der Waals surface area contributed by atoms with E-state index in [4.69, 9.17) is 16.7 Å². The summed E-state index contributed by atoms with van der Waals surface area (Å²) in [5, 5.41) is 18.5. The third kappa shape index (κ3) is 3.48. The molecule has 0 fully saturated rings. The Balaban J connectivity index is 3.24. The van der Waals surface area contributed by atoms with Crippen LogP contribution in [0.3, 0.4) is 0 Å². The monoisotopic (exact) mass is 288 g/mol. The van der Waals surface area contributed by atoms with Gasteiger partial charge in [-0.25, -0.2) is 4.79 Å². The minimum atomic E-state index is -1.63. The van der Waals surface area contributed by atoms with Gasteiger partial charge in [-0.3, -0.25) is 4.79 Å². The van der Waals surface area contributed by atoms with E-state index in [1.807, 2.05) is 6.26 Å². The lowest BCUT2D eigenvalue weighted by Gasteiger charge is -2.15. The van der Waals surface area contributed by atoms with Gasteiger partial charge in [0.05, 0.1) is 5.88 Å². The molecule has 4 nitrogen and oxygen atoms in total. The molecule has 98 valence electrons. The third-order valence-electron chi connectivity index (χ3n) is 2.44. The van der Waals surface area contributed by atoms with Crippen LogP contribution < -0.4 is 0 Å². The highest BCUT2D eigenvalue weighted by molar-refractivity contribution is 7.98. The van der Waals surface area contributed by atoms with Gasteiger partial charge in [-0.05, 0) is 23.4 Å². The largest absolute Gasteiger partial charge is 0.479 e. The van der Waals surface area contributed by atoms with Crippen LogP contribution in [0.1, 0.15) is 17.2 Å². The van der Waals surface area contributed by atoms with Gasteiger partial charge in [0.1, 0.15) is 0 Å². The molecule has 0 aliphatic heterocycles. The molecule has 1 aromatic rings. The van der Waals surface area contributed by atoms with E-state index in [1.165, 1.54) is 17.8 Å². The molecule has 1 aromatic carbocycles. The van der Waals surface area contributed by atoms with Gasteiger partial charge < -0.3 is 10.2 Å². The number of Topliss-reactive ketones (excluding diaryl/α,β-unsaturated/α-hetero) is 1. The van der Waals surface area contributed by atoms with Crippen molar-refractivity contribution in [2.45, 2.75) is 17.4 Å². The van der Waals surface area contributed by atoms with Gasteiger partial charge >= 0.3 is 5.97 Å². The number of aliphatic hydroxyl groups is 1. The van der Waals surface area contributed by atoms with E-state index in [2.05, 4.69) is 0 Å². The molecule has 0 aliphatic rings. The first-order valence-corrected chi connectivity index (χ1v) is 6.91. The summed E-state index contributed by atoms with van der Waals surface area (Å²) in [5.74, 6) is -1.68. The predicted molar refractivity (Wildman–Crippen MR) is 70.2 cm³/mol. The molecule has 2 N–H and O–H groups in total. The number of aliphatic hydroxyl groups excluding tert-OH is 1. The smallest absolute Gasteiger partial charge is 0.337 e. The first-order valence-electron chi connectivity index (χ1n) is 5.15. The second-order valence-electron chi connectivity index (χ2n) is 3.62. The Morgan fingerprint density at radius 2 is 2.11 bits per heavy atom. The fourth-order valence-corrected chi connectivity index (χ4v) is 2.34. The number of carbonyl (C=O) groups excluding carboxylic acids is 1. The molecule has 18 heavy (non-hydrogen) atoms. The van der Waals surface area contributed by atoms with E-state index in [-0.39, 0.29) is 23.6 Å². The number of hydrogen-bond donors (Lipinski definition) is 2. The van der Waals surface area contributed by atoms with Crippen LogP contribution in [0.2, 0.25) is 0 Å². The number of benzene rings is 1. The molecule has 1 rings (SSSR count). The Kier molecular flexibility index (Phi) is 5.65. The average molecular weight is 289 g/mol. The Morgan fingerprint density at radius 1 is 1.44 bits per heavy atom. The maximum absolute atomic E-state index is 11.4. The van der Waals surface area contributed by atoms with Crippen molar-refractivity contribution in [2.24, 2.45) is 0 Å². The van der Waals surface area contributed by atoms with E-state index in [0.717, 1.165) is 4.90 Å². The number of rotatable bonds is 6. The minimum absolute atomic E-state index is 0.0280. The first kappa shape index (κ1) is 15.0. The van der Waals surface area contributed by atoms with Crippen LogP contribution in [0.5, 0.6) is 0 Å². The van der Waals surface area contributed by atoms with E-state index in [1.54, 1.807) is 12.1 Å². The molecule has 0 amide bonds. The van der Waals surface area contributed by atoms with E-state index in [0.29, 0.717) is 5.56 Å². The molecule has 1 unspecified atom stereocenters. The van der Waals surface area contributed by atoms with Crippen molar-refractivity contribution in [1.29, 1.82) is 0 Å². The van der Waals surface area contributed by atoms with Gasteiger partial charge in [0.2, 0.25) is 0 Å². The lowest BCUT2D eigenvalue weighted by atomic mass is 9.98. The van der Waals surface area contributed by atoms with Crippen molar-refractivity contribution in [3.8, 4) is 0 Å². The quantitative estimate of drug-likeness (QED) is 0.617. The van der Waals surface area contributed by atoms with Gasteiger partial charge in [-0.2, -0.15) is 0 Å². The number of carboxylic acids is 1. The summed E-state index contributed by atoms with van der Waals surface area (Å²) in [7, 11) is 0. The third-order valence-corrected chi connectivity index (χ3v) is 3.56. The highest BCUT2D eigenvalue weighted by Crippen LogP contribution is 2.28. The zero-order valence-electron chi connectivity index (χ0n) is 9.72. The number of aliphatic carboxylic acids is 1. The normalized spacial score (nSPS) is 12.2. The highest BCUT2D eigenvalue weighted by atomic mass is 35.5. The number of alkyl halides is 1. The molecular formula is C12H13ClO4S. The summed E-state index contributed by atoms with van der Waals surface area (Å²) in [5.41, 5.74) is 0.776. The molecule has 0 heterocycles. The summed E-state index contributed by atoms with van der Waals surface area (Å²) in [6.45, 7) is 0. The van der Waals surface area contributed by atoms with Crippen LogP contribution in [-0.2, 0) is 16.0 Å². The number of halogens is 1. The molecule has 0 bridgehead atoms. The van der Waals surface area contributed by atoms with Gasteiger partial charge in [-0.1, -0.05) is 12.1 Å². The molecular weight excluding hydrogens is 276 g/mol. The molecule has 0 aromatic heterocycles. The molecule has 0 radical (unpaired) electrons. The topological polar surface area (TPSA) is 74.6 Å². The van der Waals surface area contributed by atoms with E-state index >= 15 is 0 Å². The lowest BCUT2D eigenvalue weighted by Crippen LogP contribution is -2.15. The van der Waals surface area contributed by atoms with Crippen LogP contribution in [0.15, 0.2) is 23.1 Å². The average Bonchev–Trinajstić information content (AvgIpc) is 2.37. The zero-order valence-corrected chi connectivity index (χ0v) is 11.3. The van der Waals surface area contributed by atoms with Crippen LogP contribution in [0, 0.1) is 0 Å². The summed E-state index contributed by atoms with van der Waals surface area (Å²) < 4.78 is 0. The summed E-state index contributed by atoms with van der Waals surface area (Å²) in [6.07, 6.45) is 0.219. The number of carbonyl (C=O) groups is 2. The Morgan fingerprint density at radius 3 is 2.61 bits per heavy atom. The van der Waals surface area contributed by atoms with Crippen LogP contribution >= 0.6 is 23.4 Å². The van der Waals surface area contributed by atoms with Crippen molar-refractivity contribution >= 4 is 35.1 Å². The lowest BCUT2D eigenvalue weighted by molar-refractivity contribution is -0.147. The second kappa shape index (κ2) is 6.78. The number of thioether (sulfide) groups is 1. The minimum Gasteiger partial charge on any atom is -0.479 e. The maximum Gasteiger partial charge on any atom is 0.337 e. The van der Waals surface area contributed by atoms with Crippen LogP contribution in [-0.4, -0.2) is 34.1 Å². The molecule has 0 saturated carbocycles. The fourth-order valence-electron chi connectivity index (χ4n) is 1.60. The van der Waals surface area contributed by atoms with Gasteiger partial charge in [0.15, 0.2) is 11.9 Å². The Hall–Kier alpha value is -1.04. The summed E-state index contributed by atoms with van der Waals surface area (Å²) in [4.78, 5) is 23.0. The zero-order chi connectivity index (χ0) is 13.7. The predicted octanol–water partition coefficient (Wildman–Crippen LogP) is 1.88. The Bertz CT molecular complexity index is 461. The standard InChI is InChI=1S/C12H13ClO4S/c1-18-10-4-2-3-8(11(15)12(16)17)9(10)5-7(14)6-13/h2-4,11,15H,5-6H2,1H3,(H,16,17). The molecule has 0 aliphatic carbocycles. The van der Waals surface area contributed by atoms with Crippen molar-refractivity contribution in [3.05, 3.63) is 29.3 Å². The molecule has 0 saturated heterocycles. The summed E-state index contributed by atoms with van der Waals surface area (Å²) >= 11 is 6.85. The molecule has 1 atom stereocenters. The maximum atomic E-state index is 11.4. The molecule has 0 spiro atoms. The van der Waals surface area contributed by atoms with Gasteiger partial charge in [-0.15, -0.1) is 23.4 Å². The van der Waals surface area contributed by atoms with Crippen molar-refractivity contribution in [2.75, 3.05) is 12.1 Å². The van der Waals surface area contributed by atoms with Crippen LogP contribution in [0.25, 0.3) is 0 Å². The number of hydrogen-bond acceptors (Lipinski definition) is 4. The first-order chi connectivity index (χ1) is 8.51. The van der Waals surface area contributed by atoms with Crippen molar-refractivity contribution in [1.82, 2.24) is 0 Å². The second-order valence-corrected chi connectivity index (χ2v) is 4.73. The fraction of sp³-hybridized carbons (Fsp3) is 0.333. The highest BCUT2D eigenvalue weighted by Gasteiger charge is 2.22. The Labute approximate surface area is 114 Å². The number of ketones is 1. The van der Waals surface area contributed by atoms with E-state index in [9.17, 15) is 14.7 Å². The van der Waals surface area contributed by atoms with Crippen LogP contribution in [0.4, 0.5) is 0 Å². The van der Waals surface area contributed by atoms with E-state index < -0.39 is 12.1 Å².